The lowest BCUT2D eigenvalue weighted by Gasteiger charge is -1.96. The SMILES string of the molecule is Nc1cc(F)c2[nH]nc(C=Cc3cccnc3)c2c1. The predicted octanol–water partition coefficient (Wildman–Crippen LogP) is 2.85. The van der Waals surface area contributed by atoms with Crippen molar-refractivity contribution in [3.63, 3.8) is 0 Å². The van der Waals surface area contributed by atoms with Crippen molar-refractivity contribution in [1.29, 1.82) is 0 Å². The van der Waals surface area contributed by atoms with E-state index in [1.165, 1.54) is 6.07 Å². The van der Waals surface area contributed by atoms with E-state index in [1.807, 2.05) is 18.2 Å². The van der Waals surface area contributed by atoms with E-state index in [4.69, 9.17) is 5.73 Å². The molecule has 0 saturated carbocycles. The summed E-state index contributed by atoms with van der Waals surface area (Å²) < 4.78 is 13.6. The van der Waals surface area contributed by atoms with Crippen molar-refractivity contribution in [2.45, 2.75) is 0 Å². The van der Waals surface area contributed by atoms with Gasteiger partial charge in [0.15, 0.2) is 5.82 Å². The van der Waals surface area contributed by atoms with Gasteiger partial charge in [-0.05, 0) is 29.8 Å². The van der Waals surface area contributed by atoms with E-state index in [0.29, 0.717) is 22.3 Å². The first-order chi connectivity index (χ1) is 9.24. The fourth-order valence-electron chi connectivity index (χ4n) is 1.90. The summed E-state index contributed by atoms with van der Waals surface area (Å²) in [6, 6.07) is 6.74. The quantitative estimate of drug-likeness (QED) is 0.691. The Labute approximate surface area is 108 Å². The van der Waals surface area contributed by atoms with Crippen molar-refractivity contribution in [1.82, 2.24) is 15.2 Å². The van der Waals surface area contributed by atoms with Crippen molar-refractivity contribution in [2.75, 3.05) is 5.73 Å². The maximum atomic E-state index is 13.6. The highest BCUT2D eigenvalue weighted by Gasteiger charge is 2.08. The third-order valence-corrected chi connectivity index (χ3v) is 2.79. The number of nitrogens with one attached hydrogen (secondary N) is 1. The topological polar surface area (TPSA) is 67.6 Å². The molecule has 3 aromatic rings. The highest BCUT2D eigenvalue weighted by molar-refractivity contribution is 5.91. The first-order valence-corrected chi connectivity index (χ1v) is 5.75. The third kappa shape index (κ3) is 2.18. The Kier molecular flexibility index (Phi) is 2.72. The summed E-state index contributed by atoms with van der Waals surface area (Å²) in [5.41, 5.74) is 7.97. The molecule has 3 N–H and O–H groups in total. The minimum atomic E-state index is -0.400. The van der Waals surface area contributed by atoms with Gasteiger partial charge in [-0.25, -0.2) is 4.39 Å². The maximum Gasteiger partial charge on any atom is 0.150 e. The summed E-state index contributed by atoms with van der Waals surface area (Å²) in [6.07, 6.45) is 7.11. The van der Waals surface area contributed by atoms with Gasteiger partial charge in [0.2, 0.25) is 0 Å². The number of pyridine rings is 1. The van der Waals surface area contributed by atoms with Crippen molar-refractivity contribution in [3.05, 3.63) is 53.7 Å². The standard InChI is InChI=1S/C14H11FN4/c15-12-7-10(16)6-11-13(18-19-14(11)12)4-3-9-2-1-5-17-8-9/h1-8H,16H2,(H,18,19). The molecule has 0 fully saturated rings. The van der Waals surface area contributed by atoms with Gasteiger partial charge in [0.1, 0.15) is 5.52 Å². The zero-order chi connectivity index (χ0) is 13.2. The molecule has 0 unspecified atom stereocenters. The highest BCUT2D eigenvalue weighted by Crippen LogP contribution is 2.23. The molecule has 2 aromatic heterocycles. The van der Waals surface area contributed by atoms with Gasteiger partial charge >= 0.3 is 0 Å². The molecule has 19 heavy (non-hydrogen) atoms. The minimum absolute atomic E-state index is 0.361. The van der Waals surface area contributed by atoms with Gasteiger partial charge in [-0.2, -0.15) is 5.10 Å². The first-order valence-electron chi connectivity index (χ1n) is 5.75. The Morgan fingerprint density at radius 3 is 2.95 bits per heavy atom. The normalized spacial score (nSPS) is 11.4. The predicted molar refractivity (Wildman–Crippen MR) is 73.6 cm³/mol. The van der Waals surface area contributed by atoms with Crippen LogP contribution in [0.1, 0.15) is 11.3 Å². The number of aromatic amines is 1. The smallest absolute Gasteiger partial charge is 0.150 e. The van der Waals surface area contributed by atoms with Crippen molar-refractivity contribution in [2.24, 2.45) is 0 Å². The van der Waals surface area contributed by atoms with Crippen LogP contribution in [0, 0.1) is 5.82 Å². The Morgan fingerprint density at radius 2 is 2.16 bits per heavy atom. The van der Waals surface area contributed by atoms with E-state index < -0.39 is 5.82 Å². The van der Waals surface area contributed by atoms with E-state index in [2.05, 4.69) is 15.2 Å². The zero-order valence-electron chi connectivity index (χ0n) is 9.97. The number of hydrogen-bond acceptors (Lipinski definition) is 3. The van der Waals surface area contributed by atoms with Gasteiger partial charge in [-0.15, -0.1) is 0 Å². The number of nitrogens with two attached hydrogens (primary N) is 1. The molecule has 0 aliphatic carbocycles. The van der Waals surface area contributed by atoms with Crippen LogP contribution in [0.15, 0.2) is 36.7 Å². The molecule has 0 radical (unpaired) electrons. The van der Waals surface area contributed by atoms with E-state index in [-0.39, 0.29) is 0 Å². The Balaban J connectivity index is 2.04. The van der Waals surface area contributed by atoms with E-state index >= 15 is 0 Å². The number of anilines is 1. The third-order valence-electron chi connectivity index (χ3n) is 2.79. The molecule has 94 valence electrons. The highest BCUT2D eigenvalue weighted by atomic mass is 19.1. The van der Waals surface area contributed by atoms with Crippen LogP contribution in [-0.4, -0.2) is 15.2 Å². The minimum Gasteiger partial charge on any atom is -0.399 e. The lowest BCUT2D eigenvalue weighted by molar-refractivity contribution is 0.637. The fraction of sp³-hybridized carbons (Fsp3) is 0. The Morgan fingerprint density at radius 1 is 1.26 bits per heavy atom. The lowest BCUT2D eigenvalue weighted by atomic mass is 10.1. The molecular formula is C14H11FN4. The number of fused-ring (bicyclic) bond motifs is 1. The molecule has 5 heteroatoms. The van der Waals surface area contributed by atoms with Gasteiger partial charge in [0.25, 0.3) is 0 Å². The first kappa shape index (κ1) is 11.4. The number of benzene rings is 1. The van der Waals surface area contributed by atoms with Gasteiger partial charge < -0.3 is 5.73 Å². The molecule has 0 saturated heterocycles. The lowest BCUT2D eigenvalue weighted by Crippen LogP contribution is -1.87. The van der Waals surface area contributed by atoms with Crippen LogP contribution in [0.4, 0.5) is 10.1 Å². The molecule has 0 spiro atoms. The molecule has 0 bridgehead atoms. The summed E-state index contributed by atoms with van der Waals surface area (Å²) in [7, 11) is 0. The second kappa shape index (κ2) is 4.53. The summed E-state index contributed by atoms with van der Waals surface area (Å²) in [4.78, 5) is 4.02. The monoisotopic (exact) mass is 254 g/mol. The second-order valence-corrected chi connectivity index (χ2v) is 4.15. The van der Waals surface area contributed by atoms with Crippen molar-refractivity contribution >= 4 is 28.7 Å². The van der Waals surface area contributed by atoms with Crippen LogP contribution in [-0.2, 0) is 0 Å². The van der Waals surface area contributed by atoms with Crippen LogP contribution >= 0.6 is 0 Å². The molecule has 0 atom stereocenters. The summed E-state index contributed by atoms with van der Waals surface area (Å²) in [6.45, 7) is 0. The number of rotatable bonds is 2. The molecule has 4 nitrogen and oxygen atoms in total. The second-order valence-electron chi connectivity index (χ2n) is 4.15. The van der Waals surface area contributed by atoms with Crippen LogP contribution in [0.2, 0.25) is 0 Å². The average Bonchev–Trinajstić information content (AvgIpc) is 2.81. The number of H-pyrrole nitrogens is 1. The Hall–Kier alpha value is -2.69. The van der Waals surface area contributed by atoms with Crippen LogP contribution < -0.4 is 5.73 Å². The molecule has 0 amide bonds. The number of hydrogen-bond donors (Lipinski definition) is 2. The number of nitrogen functional groups attached to an aromatic ring is 1. The van der Waals surface area contributed by atoms with E-state index in [0.717, 1.165) is 5.56 Å². The number of halogens is 1. The molecule has 1 aromatic carbocycles. The number of nitrogens with zero attached hydrogens (tertiary/aromatic N) is 2. The summed E-state index contributed by atoms with van der Waals surface area (Å²) in [5, 5.41) is 7.42. The summed E-state index contributed by atoms with van der Waals surface area (Å²) in [5.74, 6) is -0.400. The fourth-order valence-corrected chi connectivity index (χ4v) is 1.90. The largest absolute Gasteiger partial charge is 0.399 e. The van der Waals surface area contributed by atoms with Crippen LogP contribution in [0.3, 0.4) is 0 Å². The zero-order valence-corrected chi connectivity index (χ0v) is 9.97. The van der Waals surface area contributed by atoms with Crippen molar-refractivity contribution < 1.29 is 4.39 Å². The molecule has 0 aliphatic rings. The van der Waals surface area contributed by atoms with Gasteiger partial charge in [0.05, 0.1) is 5.69 Å². The number of aromatic nitrogens is 3. The van der Waals surface area contributed by atoms with Gasteiger partial charge in [0, 0.05) is 23.5 Å². The van der Waals surface area contributed by atoms with Gasteiger partial charge in [-0.1, -0.05) is 12.1 Å². The average molecular weight is 254 g/mol. The van der Waals surface area contributed by atoms with E-state index in [1.54, 1.807) is 24.5 Å². The summed E-state index contributed by atoms with van der Waals surface area (Å²) >= 11 is 0. The molecule has 3 rings (SSSR count). The maximum absolute atomic E-state index is 13.6. The van der Waals surface area contributed by atoms with Crippen LogP contribution in [0.5, 0.6) is 0 Å². The molecule has 2 heterocycles. The molecule has 0 aliphatic heterocycles. The van der Waals surface area contributed by atoms with Gasteiger partial charge in [-0.3, -0.25) is 10.1 Å². The molecular weight excluding hydrogens is 243 g/mol. The van der Waals surface area contributed by atoms with Crippen LogP contribution in [0.25, 0.3) is 23.1 Å². The van der Waals surface area contributed by atoms with E-state index in [9.17, 15) is 4.39 Å². The van der Waals surface area contributed by atoms with Crippen molar-refractivity contribution in [3.8, 4) is 0 Å². The Bertz CT molecular complexity index is 747.